The molecular formula is C23H34N4O2. The molecule has 0 unspecified atom stereocenters. The molecule has 29 heavy (non-hydrogen) atoms. The van der Waals surface area contributed by atoms with Crippen LogP contribution in [0.3, 0.4) is 0 Å². The first kappa shape index (κ1) is 19.3. The van der Waals surface area contributed by atoms with Crippen molar-refractivity contribution in [2.75, 3.05) is 19.7 Å². The zero-order valence-electron chi connectivity index (χ0n) is 17.5. The highest BCUT2D eigenvalue weighted by atomic mass is 16.5. The Morgan fingerprint density at radius 3 is 2.69 bits per heavy atom. The predicted octanol–water partition coefficient (Wildman–Crippen LogP) is 2.81. The van der Waals surface area contributed by atoms with Gasteiger partial charge in [-0.3, -0.25) is 9.69 Å². The summed E-state index contributed by atoms with van der Waals surface area (Å²) in [5, 5.41) is 3.40. The molecule has 2 saturated carbocycles. The van der Waals surface area contributed by atoms with E-state index in [2.05, 4.69) is 39.3 Å². The topological polar surface area (TPSA) is 70.2 Å². The van der Waals surface area contributed by atoms with Crippen molar-refractivity contribution in [3.8, 4) is 0 Å². The summed E-state index contributed by atoms with van der Waals surface area (Å²) in [6.45, 7) is 6.10. The van der Waals surface area contributed by atoms with Crippen molar-refractivity contribution in [1.82, 2.24) is 20.2 Å². The normalized spacial score (nSPS) is 32.6. The number of ether oxygens (including phenoxy) is 1. The number of likely N-dealkylation sites (tertiary alicyclic amines) is 1. The van der Waals surface area contributed by atoms with Gasteiger partial charge in [0, 0.05) is 37.9 Å². The number of aromatic amines is 1. The average molecular weight is 399 g/mol. The van der Waals surface area contributed by atoms with Gasteiger partial charge in [0.1, 0.15) is 0 Å². The average Bonchev–Trinajstić information content (AvgIpc) is 3.07. The molecule has 3 fully saturated rings. The molecule has 4 atom stereocenters. The van der Waals surface area contributed by atoms with Crippen molar-refractivity contribution < 1.29 is 9.53 Å². The Morgan fingerprint density at radius 2 is 2.00 bits per heavy atom. The quantitative estimate of drug-likeness (QED) is 0.693. The summed E-state index contributed by atoms with van der Waals surface area (Å²) in [6.07, 6.45) is 12.7. The van der Waals surface area contributed by atoms with E-state index in [1.165, 1.54) is 18.5 Å². The van der Waals surface area contributed by atoms with E-state index in [0.717, 1.165) is 63.5 Å². The Hall–Kier alpha value is -1.66. The SMILES string of the molecule is Cc1[nH]cnc1CN1C[C@H]2C[C@H](OCC3CC3)[C@@H](NC(=O)C3CC=CC3)C[C@H]2C1. The van der Waals surface area contributed by atoms with E-state index in [1.807, 2.05) is 0 Å². The summed E-state index contributed by atoms with van der Waals surface area (Å²) >= 11 is 0. The Balaban J connectivity index is 1.22. The van der Waals surface area contributed by atoms with E-state index in [1.54, 1.807) is 6.33 Å². The lowest BCUT2D eigenvalue weighted by Gasteiger charge is -2.38. The number of nitrogens with one attached hydrogen (secondary N) is 2. The van der Waals surface area contributed by atoms with Crippen molar-refractivity contribution in [3.63, 3.8) is 0 Å². The number of aromatic nitrogens is 2. The molecule has 5 rings (SSSR count). The number of aryl methyl sites for hydroxylation is 1. The van der Waals surface area contributed by atoms with Crippen molar-refractivity contribution >= 4 is 5.91 Å². The van der Waals surface area contributed by atoms with Gasteiger partial charge in [-0.2, -0.15) is 0 Å². The molecule has 158 valence electrons. The highest BCUT2D eigenvalue weighted by molar-refractivity contribution is 5.79. The van der Waals surface area contributed by atoms with Gasteiger partial charge in [-0.1, -0.05) is 12.2 Å². The monoisotopic (exact) mass is 398 g/mol. The molecule has 2 heterocycles. The number of carbonyl (C=O) groups excluding carboxylic acids is 1. The zero-order chi connectivity index (χ0) is 19.8. The molecule has 0 radical (unpaired) electrons. The number of amides is 1. The largest absolute Gasteiger partial charge is 0.376 e. The van der Waals surface area contributed by atoms with Crippen LogP contribution in [0.15, 0.2) is 18.5 Å². The molecule has 6 heteroatoms. The third kappa shape index (κ3) is 4.43. The van der Waals surface area contributed by atoms with E-state index in [-0.39, 0.29) is 24.0 Å². The summed E-state index contributed by atoms with van der Waals surface area (Å²) in [4.78, 5) is 23.0. The van der Waals surface area contributed by atoms with Crippen molar-refractivity contribution in [3.05, 3.63) is 29.9 Å². The van der Waals surface area contributed by atoms with Crippen LogP contribution in [-0.4, -0.2) is 52.6 Å². The number of allylic oxidation sites excluding steroid dienone is 2. The lowest BCUT2D eigenvalue weighted by Crippen LogP contribution is -2.51. The maximum atomic E-state index is 12.8. The molecule has 1 saturated heterocycles. The molecule has 1 aromatic rings. The molecule has 2 N–H and O–H groups in total. The summed E-state index contributed by atoms with van der Waals surface area (Å²) in [5.41, 5.74) is 2.32. The van der Waals surface area contributed by atoms with Crippen LogP contribution in [0.4, 0.5) is 0 Å². The summed E-state index contributed by atoms with van der Waals surface area (Å²) < 4.78 is 6.39. The van der Waals surface area contributed by atoms with E-state index in [0.29, 0.717) is 11.8 Å². The van der Waals surface area contributed by atoms with Crippen LogP contribution in [0.25, 0.3) is 0 Å². The number of nitrogens with zero attached hydrogens (tertiary/aromatic N) is 2. The van der Waals surface area contributed by atoms with Gasteiger partial charge < -0.3 is 15.0 Å². The highest BCUT2D eigenvalue weighted by Crippen LogP contribution is 2.39. The summed E-state index contributed by atoms with van der Waals surface area (Å²) in [7, 11) is 0. The lowest BCUT2D eigenvalue weighted by molar-refractivity contribution is -0.127. The lowest BCUT2D eigenvalue weighted by atomic mass is 9.77. The zero-order valence-corrected chi connectivity index (χ0v) is 17.5. The first-order valence-corrected chi connectivity index (χ1v) is 11.4. The minimum Gasteiger partial charge on any atom is -0.376 e. The second kappa shape index (κ2) is 8.23. The van der Waals surface area contributed by atoms with Gasteiger partial charge in [-0.05, 0) is 63.2 Å². The molecule has 0 bridgehead atoms. The van der Waals surface area contributed by atoms with Crippen molar-refractivity contribution in [1.29, 1.82) is 0 Å². The third-order valence-corrected chi connectivity index (χ3v) is 7.45. The van der Waals surface area contributed by atoms with Gasteiger partial charge in [-0.15, -0.1) is 0 Å². The van der Waals surface area contributed by atoms with Gasteiger partial charge in [0.2, 0.25) is 5.91 Å². The maximum Gasteiger partial charge on any atom is 0.224 e. The van der Waals surface area contributed by atoms with Gasteiger partial charge in [0.25, 0.3) is 0 Å². The molecule has 0 aromatic carbocycles. The smallest absolute Gasteiger partial charge is 0.224 e. The van der Waals surface area contributed by atoms with Gasteiger partial charge in [-0.25, -0.2) is 4.98 Å². The Kier molecular flexibility index (Phi) is 5.48. The van der Waals surface area contributed by atoms with Crippen LogP contribution in [-0.2, 0) is 16.1 Å². The first-order chi connectivity index (χ1) is 14.2. The first-order valence-electron chi connectivity index (χ1n) is 11.4. The maximum absolute atomic E-state index is 12.8. The fraction of sp³-hybridized carbons (Fsp3) is 0.739. The Labute approximate surface area is 173 Å². The number of H-pyrrole nitrogens is 1. The summed E-state index contributed by atoms with van der Waals surface area (Å²) in [5.74, 6) is 2.41. The minimum absolute atomic E-state index is 0.125. The van der Waals surface area contributed by atoms with Crippen LogP contribution >= 0.6 is 0 Å². The molecule has 6 nitrogen and oxygen atoms in total. The number of carbonyl (C=O) groups is 1. The van der Waals surface area contributed by atoms with Crippen molar-refractivity contribution in [2.24, 2.45) is 23.7 Å². The van der Waals surface area contributed by atoms with Crippen LogP contribution in [0.5, 0.6) is 0 Å². The van der Waals surface area contributed by atoms with E-state index in [9.17, 15) is 4.79 Å². The molecule has 4 aliphatic rings. The van der Waals surface area contributed by atoms with Gasteiger partial charge in [0.05, 0.1) is 24.2 Å². The molecular weight excluding hydrogens is 364 g/mol. The van der Waals surface area contributed by atoms with Crippen molar-refractivity contribution in [2.45, 2.75) is 64.1 Å². The third-order valence-electron chi connectivity index (χ3n) is 7.45. The number of hydrogen-bond donors (Lipinski definition) is 2. The number of fused-ring (bicyclic) bond motifs is 1. The van der Waals surface area contributed by atoms with Crippen LogP contribution in [0.2, 0.25) is 0 Å². The van der Waals surface area contributed by atoms with E-state index >= 15 is 0 Å². The van der Waals surface area contributed by atoms with E-state index < -0.39 is 0 Å². The minimum atomic E-state index is 0.125. The molecule has 3 aliphatic carbocycles. The standard InChI is InChI=1S/C23H34N4O2/c1-15-21(25-14-24-15)12-27-10-18-8-20(26-23(28)17-4-2-3-5-17)22(9-19(18)11-27)29-13-16-6-7-16/h2-3,14,16-20,22H,4-13H2,1H3,(H,24,25)(H,26,28)/t18-,19+,20-,22-/m0/s1. The molecule has 1 amide bonds. The second-order valence-electron chi connectivity index (χ2n) is 9.73. The van der Waals surface area contributed by atoms with Gasteiger partial charge in [0.15, 0.2) is 0 Å². The molecule has 1 aromatic heterocycles. The fourth-order valence-corrected chi connectivity index (χ4v) is 5.41. The summed E-state index contributed by atoms with van der Waals surface area (Å²) in [6, 6.07) is 0.162. The number of hydrogen-bond acceptors (Lipinski definition) is 4. The Morgan fingerprint density at radius 1 is 1.24 bits per heavy atom. The van der Waals surface area contributed by atoms with Crippen LogP contribution < -0.4 is 5.32 Å². The second-order valence-corrected chi connectivity index (χ2v) is 9.73. The van der Waals surface area contributed by atoms with E-state index in [4.69, 9.17) is 4.74 Å². The van der Waals surface area contributed by atoms with Gasteiger partial charge >= 0.3 is 0 Å². The van der Waals surface area contributed by atoms with Crippen LogP contribution in [0, 0.1) is 30.6 Å². The Bertz CT molecular complexity index is 748. The molecule has 0 spiro atoms. The van der Waals surface area contributed by atoms with Crippen LogP contribution in [0.1, 0.15) is 49.9 Å². The fourth-order valence-electron chi connectivity index (χ4n) is 5.41. The molecule has 1 aliphatic heterocycles. The predicted molar refractivity (Wildman–Crippen MR) is 111 cm³/mol. The highest BCUT2D eigenvalue weighted by Gasteiger charge is 2.44. The number of rotatable bonds is 7. The number of imidazole rings is 1.